The van der Waals surface area contributed by atoms with Crippen molar-refractivity contribution >= 4 is 18.7 Å². The first-order chi connectivity index (χ1) is 17.7. The number of rotatable bonds is 8. The largest absolute Gasteiger partial charge is 0.497 e. The molecule has 4 rings (SSSR count). The Kier molecular flexibility index (Phi) is 8.38. The summed E-state index contributed by atoms with van der Waals surface area (Å²) in [6, 6.07) is 27.1. The number of benzene rings is 3. The van der Waals surface area contributed by atoms with E-state index in [9.17, 15) is 15.3 Å². The van der Waals surface area contributed by atoms with Crippen LogP contribution in [-0.2, 0) is 9.16 Å². The molecule has 198 valence electrons. The molecule has 1 fully saturated rings. The van der Waals surface area contributed by atoms with Crippen molar-refractivity contribution < 1.29 is 34.0 Å². The summed E-state index contributed by atoms with van der Waals surface area (Å²) in [5, 5.41) is 34.0. The first-order valence-corrected chi connectivity index (χ1v) is 14.3. The summed E-state index contributed by atoms with van der Waals surface area (Å²) in [7, 11) is -1.33. The van der Waals surface area contributed by atoms with Crippen LogP contribution in [0.2, 0.25) is 5.04 Å². The number of hydrogen-bond acceptors (Lipinski definition) is 7. The predicted molar refractivity (Wildman–Crippen MR) is 144 cm³/mol. The summed E-state index contributed by atoms with van der Waals surface area (Å²) < 4.78 is 23.9. The van der Waals surface area contributed by atoms with Crippen molar-refractivity contribution in [2.75, 3.05) is 13.7 Å². The summed E-state index contributed by atoms with van der Waals surface area (Å²) in [5.41, 5.74) is 0. The summed E-state index contributed by atoms with van der Waals surface area (Å²) in [4.78, 5) is 0. The fourth-order valence-corrected chi connectivity index (χ4v) is 9.48. The highest BCUT2D eigenvalue weighted by Gasteiger charge is 2.52. The van der Waals surface area contributed by atoms with Gasteiger partial charge in [0.25, 0.3) is 8.32 Å². The number of aliphatic hydroxyl groups excluding tert-OH is 3. The molecule has 0 amide bonds. The Labute approximate surface area is 219 Å². The quantitative estimate of drug-likeness (QED) is 0.390. The third-order valence-corrected chi connectivity index (χ3v) is 11.9. The van der Waals surface area contributed by atoms with Crippen LogP contribution in [0.15, 0.2) is 84.9 Å². The standard InChI is InChI=1S/C29H36O7Si/c1-29(2,3)37(22-11-7-5-8-12-22,23-13-9-6-10-14-23)34-19-24-25(30)26(31)27(32)28(36-24)35-21-17-15-20(33-4)16-18-21/h5-18,24-28,30-32H,19H2,1-4H3/t24-,25+,26+,27-,28+/m1/s1. The van der Waals surface area contributed by atoms with Crippen LogP contribution >= 0.6 is 0 Å². The van der Waals surface area contributed by atoms with Crippen molar-refractivity contribution in [1.29, 1.82) is 0 Å². The first-order valence-electron chi connectivity index (χ1n) is 12.4. The Hall–Kier alpha value is -2.72. The first kappa shape index (κ1) is 27.3. The molecule has 0 aromatic heterocycles. The van der Waals surface area contributed by atoms with Gasteiger partial charge in [-0.25, -0.2) is 0 Å². The molecule has 0 bridgehead atoms. The van der Waals surface area contributed by atoms with Crippen LogP contribution in [-0.4, -0.2) is 68.1 Å². The van der Waals surface area contributed by atoms with E-state index in [0.29, 0.717) is 11.5 Å². The fourth-order valence-electron chi connectivity index (χ4n) is 4.91. The second kappa shape index (κ2) is 11.3. The van der Waals surface area contributed by atoms with E-state index in [4.69, 9.17) is 18.6 Å². The van der Waals surface area contributed by atoms with Gasteiger partial charge in [-0.3, -0.25) is 0 Å². The van der Waals surface area contributed by atoms with Crippen LogP contribution in [0.5, 0.6) is 11.5 Å². The molecule has 1 aliphatic heterocycles. The number of ether oxygens (including phenoxy) is 3. The summed E-state index contributed by atoms with van der Waals surface area (Å²) in [5.74, 6) is 1.09. The predicted octanol–water partition coefficient (Wildman–Crippen LogP) is 2.46. The molecule has 1 aliphatic rings. The molecule has 7 nitrogen and oxygen atoms in total. The van der Waals surface area contributed by atoms with Crippen LogP contribution in [0.1, 0.15) is 20.8 Å². The smallest absolute Gasteiger partial charge is 0.261 e. The molecule has 8 heteroatoms. The van der Waals surface area contributed by atoms with E-state index in [1.807, 2.05) is 36.4 Å². The van der Waals surface area contributed by atoms with Gasteiger partial charge in [0.2, 0.25) is 6.29 Å². The Morgan fingerprint density at radius 1 is 0.730 bits per heavy atom. The SMILES string of the molecule is COc1ccc(O[C@H]2O[C@H](CO[Si](c3ccccc3)(c3ccccc3)C(C)(C)C)[C@H](O)[C@H](O)[C@H]2O)cc1. The summed E-state index contributed by atoms with van der Waals surface area (Å²) in [6.45, 7) is 6.48. The lowest BCUT2D eigenvalue weighted by atomic mass is 9.99. The van der Waals surface area contributed by atoms with Gasteiger partial charge in [0.05, 0.1) is 13.7 Å². The molecular formula is C29H36O7Si. The molecule has 0 spiro atoms. The molecule has 37 heavy (non-hydrogen) atoms. The van der Waals surface area contributed by atoms with Gasteiger partial charge in [-0.1, -0.05) is 81.4 Å². The fraction of sp³-hybridized carbons (Fsp3) is 0.379. The number of methoxy groups -OCH3 is 1. The van der Waals surface area contributed by atoms with Crippen molar-refractivity contribution in [1.82, 2.24) is 0 Å². The molecule has 0 saturated carbocycles. The Balaban J connectivity index is 1.62. The lowest BCUT2D eigenvalue weighted by molar-refractivity contribution is -0.276. The van der Waals surface area contributed by atoms with Gasteiger partial charge in [-0.05, 0) is 39.7 Å². The number of hydrogen-bond donors (Lipinski definition) is 3. The summed E-state index contributed by atoms with van der Waals surface area (Å²) >= 11 is 0. The molecule has 0 unspecified atom stereocenters. The van der Waals surface area contributed by atoms with Crippen LogP contribution < -0.4 is 19.8 Å². The zero-order valence-corrected chi connectivity index (χ0v) is 22.7. The highest BCUT2D eigenvalue weighted by atomic mass is 28.4. The Bertz CT molecular complexity index is 1080. The zero-order chi connectivity index (χ0) is 26.6. The lowest BCUT2D eigenvalue weighted by Gasteiger charge is -2.45. The normalized spacial score (nSPS) is 24.5. The van der Waals surface area contributed by atoms with Crippen molar-refractivity contribution in [2.45, 2.75) is 56.5 Å². The van der Waals surface area contributed by atoms with Crippen molar-refractivity contribution in [3.05, 3.63) is 84.9 Å². The maximum atomic E-state index is 10.8. The molecule has 3 N–H and O–H groups in total. The second-order valence-electron chi connectivity index (χ2n) is 10.3. The van der Waals surface area contributed by atoms with Crippen LogP contribution in [0.4, 0.5) is 0 Å². The van der Waals surface area contributed by atoms with Gasteiger partial charge < -0.3 is 34.0 Å². The third kappa shape index (κ3) is 5.60. The minimum atomic E-state index is -2.90. The topological polar surface area (TPSA) is 97.6 Å². The minimum Gasteiger partial charge on any atom is -0.497 e. The van der Waals surface area contributed by atoms with Crippen LogP contribution in [0.25, 0.3) is 0 Å². The van der Waals surface area contributed by atoms with Crippen LogP contribution in [0, 0.1) is 0 Å². The Morgan fingerprint density at radius 3 is 1.73 bits per heavy atom. The maximum absolute atomic E-state index is 10.8. The van der Waals surface area contributed by atoms with E-state index in [1.54, 1.807) is 31.4 Å². The average molecular weight is 525 g/mol. The molecule has 0 radical (unpaired) electrons. The molecule has 1 heterocycles. The van der Waals surface area contributed by atoms with Gasteiger partial charge in [0.15, 0.2) is 0 Å². The Morgan fingerprint density at radius 2 is 1.24 bits per heavy atom. The van der Waals surface area contributed by atoms with Crippen LogP contribution in [0.3, 0.4) is 0 Å². The van der Waals surface area contributed by atoms with Crippen molar-refractivity contribution in [2.24, 2.45) is 0 Å². The van der Waals surface area contributed by atoms with E-state index < -0.39 is 39.0 Å². The van der Waals surface area contributed by atoms with E-state index in [1.165, 1.54) is 0 Å². The molecular weight excluding hydrogens is 488 g/mol. The van der Waals surface area contributed by atoms with Gasteiger partial charge in [-0.2, -0.15) is 0 Å². The van der Waals surface area contributed by atoms with E-state index in [-0.39, 0.29) is 11.6 Å². The minimum absolute atomic E-state index is 0.000694. The molecule has 1 saturated heterocycles. The number of aliphatic hydroxyl groups is 3. The molecule has 3 aromatic carbocycles. The van der Waals surface area contributed by atoms with Gasteiger partial charge in [0.1, 0.15) is 35.9 Å². The zero-order valence-electron chi connectivity index (χ0n) is 21.7. The van der Waals surface area contributed by atoms with E-state index >= 15 is 0 Å². The van der Waals surface area contributed by atoms with Crippen molar-refractivity contribution in [3.63, 3.8) is 0 Å². The van der Waals surface area contributed by atoms with E-state index in [0.717, 1.165) is 10.4 Å². The van der Waals surface area contributed by atoms with E-state index in [2.05, 4.69) is 45.0 Å². The third-order valence-electron chi connectivity index (χ3n) is 6.86. The highest BCUT2D eigenvalue weighted by molar-refractivity contribution is 6.99. The monoisotopic (exact) mass is 524 g/mol. The van der Waals surface area contributed by atoms with Crippen molar-refractivity contribution in [3.8, 4) is 11.5 Å². The van der Waals surface area contributed by atoms with Gasteiger partial charge in [-0.15, -0.1) is 0 Å². The molecule has 3 aromatic rings. The molecule has 5 atom stereocenters. The maximum Gasteiger partial charge on any atom is 0.261 e. The highest BCUT2D eigenvalue weighted by Crippen LogP contribution is 2.37. The molecule has 0 aliphatic carbocycles. The van der Waals surface area contributed by atoms with Gasteiger partial charge in [0, 0.05) is 0 Å². The average Bonchev–Trinajstić information content (AvgIpc) is 2.91. The van der Waals surface area contributed by atoms with Gasteiger partial charge >= 0.3 is 0 Å². The second-order valence-corrected chi connectivity index (χ2v) is 14.6. The lowest BCUT2D eigenvalue weighted by Crippen LogP contribution is -2.68. The summed E-state index contributed by atoms with van der Waals surface area (Å²) in [6.07, 6.45) is -6.39.